The van der Waals surface area contributed by atoms with Crippen LogP contribution in [0.1, 0.15) is 48.0 Å². The van der Waals surface area contributed by atoms with E-state index in [9.17, 15) is 4.79 Å². The Bertz CT molecular complexity index is 768. The molecule has 0 aromatic heterocycles. The maximum atomic E-state index is 12.4. The van der Waals surface area contributed by atoms with Gasteiger partial charge >= 0.3 is 5.97 Å². The van der Waals surface area contributed by atoms with Crippen molar-refractivity contribution in [3.8, 4) is 5.75 Å². The summed E-state index contributed by atoms with van der Waals surface area (Å²) < 4.78 is 11.4. The molecular weight excluding hydrogens is 373 g/mol. The third-order valence-corrected chi connectivity index (χ3v) is 5.22. The molecule has 4 nitrogen and oxygen atoms in total. The monoisotopic (exact) mass is 393 g/mol. The largest absolute Gasteiger partial charge is 0.487 e. The summed E-state index contributed by atoms with van der Waals surface area (Å²) in [4.78, 5) is 12.4. The number of carbonyl (C=O) groups is 1. The van der Waals surface area contributed by atoms with Gasteiger partial charge in [0.15, 0.2) is 0 Å². The predicted molar refractivity (Wildman–Crippen MR) is 104 cm³/mol. The van der Waals surface area contributed by atoms with Crippen LogP contribution in [-0.2, 0) is 11.3 Å². The molecule has 3 rings (SSSR count). The molecule has 2 aromatic rings. The Hall–Kier alpha value is -1.91. The topological polar surface area (TPSA) is 61.6 Å². The average Bonchev–Trinajstić information content (AvgIpc) is 2.63. The van der Waals surface area contributed by atoms with E-state index in [0.717, 1.165) is 25.7 Å². The van der Waals surface area contributed by atoms with Crippen LogP contribution >= 0.6 is 23.2 Å². The van der Waals surface area contributed by atoms with Gasteiger partial charge in [0.1, 0.15) is 18.5 Å². The number of benzene rings is 2. The molecular formula is C20H21Cl2NO3. The summed E-state index contributed by atoms with van der Waals surface area (Å²) in [5.74, 6) is 0.0524. The first-order chi connectivity index (χ1) is 12.5. The molecule has 1 aliphatic carbocycles. The van der Waals surface area contributed by atoms with Gasteiger partial charge in [0.2, 0.25) is 0 Å². The predicted octanol–water partition coefficient (Wildman–Crippen LogP) is 5.64. The Balaban J connectivity index is 1.70. The second-order valence-electron chi connectivity index (χ2n) is 6.41. The minimum atomic E-state index is -0.350. The lowest BCUT2D eigenvalue weighted by Crippen LogP contribution is -2.21. The van der Waals surface area contributed by atoms with Crippen LogP contribution < -0.4 is 10.5 Å². The van der Waals surface area contributed by atoms with Crippen molar-refractivity contribution in [2.75, 3.05) is 5.73 Å². The zero-order valence-electron chi connectivity index (χ0n) is 14.3. The van der Waals surface area contributed by atoms with Crippen LogP contribution in [0.2, 0.25) is 10.0 Å². The summed E-state index contributed by atoms with van der Waals surface area (Å²) in [5, 5.41) is 1.04. The molecule has 0 amide bonds. The Kier molecular flexibility index (Phi) is 6.28. The Morgan fingerprint density at radius 1 is 1.08 bits per heavy atom. The molecule has 1 fully saturated rings. The van der Waals surface area contributed by atoms with Crippen molar-refractivity contribution < 1.29 is 14.3 Å². The first-order valence-corrected chi connectivity index (χ1v) is 9.46. The summed E-state index contributed by atoms with van der Waals surface area (Å²) in [5.41, 5.74) is 7.50. The SMILES string of the molecule is Nc1ccc(C(=O)OC2CCCCC2)cc1OCc1c(Cl)cccc1Cl. The van der Waals surface area contributed by atoms with E-state index in [1.54, 1.807) is 36.4 Å². The fraction of sp³-hybridized carbons (Fsp3) is 0.350. The van der Waals surface area contributed by atoms with Gasteiger partial charge in [-0.3, -0.25) is 0 Å². The Labute approximate surface area is 163 Å². The van der Waals surface area contributed by atoms with E-state index in [4.69, 9.17) is 38.4 Å². The summed E-state index contributed by atoms with van der Waals surface area (Å²) in [6.45, 7) is 0.157. The van der Waals surface area contributed by atoms with Crippen LogP contribution in [0.25, 0.3) is 0 Å². The van der Waals surface area contributed by atoms with Gasteiger partial charge in [-0.15, -0.1) is 0 Å². The number of esters is 1. The minimum absolute atomic E-state index is 0.0000958. The molecule has 6 heteroatoms. The second-order valence-corrected chi connectivity index (χ2v) is 7.22. The zero-order valence-corrected chi connectivity index (χ0v) is 15.9. The number of hydrogen-bond donors (Lipinski definition) is 1. The normalized spacial score (nSPS) is 14.8. The molecule has 0 saturated heterocycles. The Morgan fingerprint density at radius 3 is 2.46 bits per heavy atom. The van der Waals surface area contributed by atoms with Gasteiger partial charge in [0, 0.05) is 15.6 Å². The molecule has 0 aliphatic heterocycles. The highest BCUT2D eigenvalue weighted by Gasteiger charge is 2.19. The molecule has 0 atom stereocenters. The van der Waals surface area contributed by atoms with Crippen LogP contribution in [0.15, 0.2) is 36.4 Å². The number of halogens is 2. The van der Waals surface area contributed by atoms with Gasteiger partial charge in [-0.05, 0) is 56.0 Å². The molecule has 2 aromatic carbocycles. The van der Waals surface area contributed by atoms with Crippen LogP contribution in [-0.4, -0.2) is 12.1 Å². The van der Waals surface area contributed by atoms with Crippen molar-refractivity contribution in [2.45, 2.75) is 44.8 Å². The number of nitrogens with two attached hydrogens (primary N) is 1. The molecule has 0 bridgehead atoms. The van der Waals surface area contributed by atoms with E-state index in [2.05, 4.69) is 0 Å². The van der Waals surface area contributed by atoms with Crippen molar-refractivity contribution in [3.63, 3.8) is 0 Å². The molecule has 1 saturated carbocycles. The second kappa shape index (κ2) is 8.65. The van der Waals surface area contributed by atoms with Gasteiger partial charge in [0.05, 0.1) is 11.3 Å². The number of carbonyl (C=O) groups excluding carboxylic acids is 1. The van der Waals surface area contributed by atoms with Crippen LogP contribution in [0, 0.1) is 0 Å². The fourth-order valence-electron chi connectivity index (χ4n) is 3.01. The number of rotatable bonds is 5. The van der Waals surface area contributed by atoms with Gasteiger partial charge < -0.3 is 15.2 Å². The maximum absolute atomic E-state index is 12.4. The molecule has 0 radical (unpaired) electrons. The van der Waals surface area contributed by atoms with Crippen LogP contribution in [0.4, 0.5) is 5.69 Å². The van der Waals surface area contributed by atoms with Crippen molar-refractivity contribution >= 4 is 34.9 Å². The van der Waals surface area contributed by atoms with Crippen molar-refractivity contribution in [2.24, 2.45) is 0 Å². The highest BCUT2D eigenvalue weighted by atomic mass is 35.5. The Morgan fingerprint density at radius 2 is 1.77 bits per heavy atom. The van der Waals surface area contributed by atoms with E-state index in [-0.39, 0.29) is 18.7 Å². The molecule has 138 valence electrons. The van der Waals surface area contributed by atoms with Crippen LogP contribution in [0.3, 0.4) is 0 Å². The molecule has 0 spiro atoms. The van der Waals surface area contributed by atoms with E-state index in [0.29, 0.717) is 32.6 Å². The molecule has 26 heavy (non-hydrogen) atoms. The first-order valence-electron chi connectivity index (χ1n) is 8.71. The molecule has 1 aliphatic rings. The van der Waals surface area contributed by atoms with Crippen molar-refractivity contribution in [1.82, 2.24) is 0 Å². The van der Waals surface area contributed by atoms with Crippen molar-refractivity contribution in [3.05, 3.63) is 57.6 Å². The maximum Gasteiger partial charge on any atom is 0.338 e. The standard InChI is InChI=1S/C20H21Cl2NO3/c21-16-7-4-8-17(22)15(16)12-25-19-11-13(9-10-18(19)23)20(24)26-14-5-2-1-3-6-14/h4,7-11,14H,1-3,5-6,12,23H2. The summed E-state index contributed by atoms with van der Waals surface area (Å²) in [6, 6.07) is 10.1. The van der Waals surface area contributed by atoms with Gasteiger partial charge in [0.25, 0.3) is 0 Å². The molecule has 0 unspecified atom stereocenters. The number of ether oxygens (including phenoxy) is 2. The highest BCUT2D eigenvalue weighted by molar-refractivity contribution is 6.35. The smallest absolute Gasteiger partial charge is 0.338 e. The van der Waals surface area contributed by atoms with E-state index < -0.39 is 0 Å². The fourth-order valence-corrected chi connectivity index (χ4v) is 3.52. The van der Waals surface area contributed by atoms with E-state index >= 15 is 0 Å². The summed E-state index contributed by atoms with van der Waals surface area (Å²) in [7, 11) is 0. The van der Waals surface area contributed by atoms with Crippen molar-refractivity contribution in [1.29, 1.82) is 0 Å². The van der Waals surface area contributed by atoms with Gasteiger partial charge in [-0.2, -0.15) is 0 Å². The lowest BCUT2D eigenvalue weighted by molar-refractivity contribution is 0.0211. The van der Waals surface area contributed by atoms with E-state index in [1.807, 2.05) is 0 Å². The highest BCUT2D eigenvalue weighted by Crippen LogP contribution is 2.29. The lowest BCUT2D eigenvalue weighted by atomic mass is 9.98. The van der Waals surface area contributed by atoms with Gasteiger partial charge in [-0.1, -0.05) is 35.7 Å². The first kappa shape index (κ1) is 18.9. The third-order valence-electron chi connectivity index (χ3n) is 4.51. The zero-order chi connectivity index (χ0) is 18.5. The van der Waals surface area contributed by atoms with Crippen LogP contribution in [0.5, 0.6) is 5.75 Å². The minimum Gasteiger partial charge on any atom is -0.487 e. The quantitative estimate of drug-likeness (QED) is 0.526. The lowest BCUT2D eigenvalue weighted by Gasteiger charge is -2.22. The number of nitrogen functional groups attached to an aromatic ring is 1. The summed E-state index contributed by atoms with van der Waals surface area (Å²) >= 11 is 12.3. The number of hydrogen-bond acceptors (Lipinski definition) is 4. The summed E-state index contributed by atoms with van der Waals surface area (Å²) in [6.07, 6.45) is 5.27. The third kappa shape index (κ3) is 4.63. The average molecular weight is 394 g/mol. The molecule has 0 heterocycles. The van der Waals surface area contributed by atoms with Gasteiger partial charge in [-0.25, -0.2) is 4.79 Å². The number of anilines is 1. The van der Waals surface area contributed by atoms with E-state index in [1.165, 1.54) is 6.42 Å². The molecule has 2 N–H and O–H groups in total.